The molecule has 0 bridgehead atoms. The molecule has 1 aromatic heterocycles. The first-order valence-corrected chi connectivity index (χ1v) is 7.37. The Bertz CT molecular complexity index is 671. The maximum Gasteiger partial charge on any atom is 0.310 e. The summed E-state index contributed by atoms with van der Waals surface area (Å²) in [7, 11) is 0. The van der Waals surface area contributed by atoms with Gasteiger partial charge < -0.3 is 5.11 Å². The number of hydrogen-bond acceptors (Lipinski definition) is 3. The van der Waals surface area contributed by atoms with Crippen molar-refractivity contribution in [3.05, 3.63) is 42.1 Å². The molecule has 1 aliphatic heterocycles. The highest BCUT2D eigenvalue weighted by molar-refractivity contribution is 5.78. The lowest BCUT2D eigenvalue weighted by molar-refractivity contribution is -0.151. The molecule has 21 heavy (non-hydrogen) atoms. The van der Waals surface area contributed by atoms with E-state index in [1.165, 1.54) is 0 Å². The molecule has 0 radical (unpaired) electrons. The molecule has 1 N–H and O–H groups in total. The van der Waals surface area contributed by atoms with Gasteiger partial charge in [-0.3, -0.25) is 14.7 Å². The minimum absolute atomic E-state index is 0.594. The van der Waals surface area contributed by atoms with E-state index in [4.69, 9.17) is 0 Å². The van der Waals surface area contributed by atoms with Gasteiger partial charge in [0.15, 0.2) is 0 Å². The molecule has 3 rings (SSSR count). The first-order valence-electron chi connectivity index (χ1n) is 7.37. The minimum Gasteiger partial charge on any atom is -0.481 e. The van der Waals surface area contributed by atoms with E-state index in [1.807, 2.05) is 31.2 Å². The third-order valence-electron chi connectivity index (χ3n) is 4.33. The molecule has 2 aromatic rings. The van der Waals surface area contributed by atoms with Gasteiger partial charge in [0.05, 0.1) is 16.6 Å². The standard InChI is InChI=1S/C17H20N2O2/c1-17(16(20)21)9-4-10-19(12-17)11-14-8-7-13-5-2-3-6-15(13)18-14/h2-3,5-8H,4,9-12H2,1H3,(H,20,21). The van der Waals surface area contributed by atoms with E-state index in [9.17, 15) is 9.90 Å². The lowest BCUT2D eigenvalue weighted by Gasteiger charge is -2.37. The van der Waals surface area contributed by atoms with Crippen LogP contribution in [-0.4, -0.2) is 34.0 Å². The number of benzene rings is 1. The van der Waals surface area contributed by atoms with Gasteiger partial charge in [0, 0.05) is 18.5 Å². The summed E-state index contributed by atoms with van der Waals surface area (Å²) in [6.07, 6.45) is 1.68. The zero-order valence-corrected chi connectivity index (χ0v) is 12.2. The molecule has 0 saturated carbocycles. The van der Waals surface area contributed by atoms with E-state index < -0.39 is 11.4 Å². The van der Waals surface area contributed by atoms with Crippen LogP contribution in [0.5, 0.6) is 0 Å². The maximum absolute atomic E-state index is 11.4. The fourth-order valence-electron chi connectivity index (χ4n) is 3.08. The van der Waals surface area contributed by atoms with Crippen molar-refractivity contribution in [2.24, 2.45) is 5.41 Å². The average Bonchev–Trinajstić information content (AvgIpc) is 2.47. The van der Waals surface area contributed by atoms with E-state index in [0.29, 0.717) is 13.1 Å². The summed E-state index contributed by atoms with van der Waals surface area (Å²) in [4.78, 5) is 18.3. The normalized spacial score (nSPS) is 23.3. The summed E-state index contributed by atoms with van der Waals surface area (Å²) in [6, 6.07) is 12.2. The smallest absolute Gasteiger partial charge is 0.310 e. The number of nitrogens with zero attached hydrogens (tertiary/aromatic N) is 2. The van der Waals surface area contributed by atoms with Crippen molar-refractivity contribution in [1.29, 1.82) is 0 Å². The number of pyridine rings is 1. The lowest BCUT2D eigenvalue weighted by Crippen LogP contribution is -2.45. The van der Waals surface area contributed by atoms with E-state index in [1.54, 1.807) is 0 Å². The molecule has 0 amide bonds. The van der Waals surface area contributed by atoms with E-state index in [-0.39, 0.29) is 0 Å². The van der Waals surface area contributed by atoms with Crippen molar-refractivity contribution in [1.82, 2.24) is 9.88 Å². The Labute approximate surface area is 124 Å². The van der Waals surface area contributed by atoms with E-state index in [0.717, 1.165) is 36.0 Å². The third-order valence-corrected chi connectivity index (χ3v) is 4.33. The number of fused-ring (bicyclic) bond motifs is 1. The minimum atomic E-state index is -0.696. The molecule has 1 fully saturated rings. The van der Waals surface area contributed by atoms with Gasteiger partial charge >= 0.3 is 5.97 Å². The van der Waals surface area contributed by atoms with Crippen LogP contribution in [0.25, 0.3) is 10.9 Å². The fourth-order valence-corrected chi connectivity index (χ4v) is 3.08. The highest BCUT2D eigenvalue weighted by atomic mass is 16.4. The predicted molar refractivity (Wildman–Crippen MR) is 82.0 cm³/mol. The molecule has 1 aliphatic rings. The number of piperidine rings is 1. The summed E-state index contributed by atoms with van der Waals surface area (Å²) >= 11 is 0. The van der Waals surface area contributed by atoms with Crippen LogP contribution in [0, 0.1) is 5.41 Å². The Morgan fingerprint density at radius 2 is 2.14 bits per heavy atom. The molecule has 1 unspecified atom stereocenters. The first-order chi connectivity index (χ1) is 10.1. The van der Waals surface area contributed by atoms with Gasteiger partial charge in [-0.1, -0.05) is 24.3 Å². The number of carboxylic acids is 1. The Morgan fingerprint density at radius 1 is 1.33 bits per heavy atom. The quantitative estimate of drug-likeness (QED) is 0.941. The summed E-state index contributed by atoms with van der Waals surface area (Å²) in [5.41, 5.74) is 1.37. The highest BCUT2D eigenvalue weighted by Crippen LogP contribution is 2.30. The number of aromatic nitrogens is 1. The largest absolute Gasteiger partial charge is 0.481 e. The van der Waals surface area contributed by atoms with Gasteiger partial charge in [0.2, 0.25) is 0 Å². The molecular weight excluding hydrogens is 264 g/mol. The molecule has 1 aromatic carbocycles. The predicted octanol–water partition coefficient (Wildman–Crippen LogP) is 2.92. The zero-order valence-electron chi connectivity index (χ0n) is 12.2. The molecule has 0 spiro atoms. The van der Waals surface area contributed by atoms with Crippen LogP contribution in [0.15, 0.2) is 36.4 Å². The number of carbonyl (C=O) groups is 1. The molecule has 110 valence electrons. The Hall–Kier alpha value is -1.94. The monoisotopic (exact) mass is 284 g/mol. The number of para-hydroxylation sites is 1. The summed E-state index contributed by atoms with van der Waals surface area (Å²) in [5, 5.41) is 10.5. The van der Waals surface area contributed by atoms with Crippen molar-refractivity contribution >= 4 is 16.9 Å². The number of rotatable bonds is 3. The van der Waals surface area contributed by atoms with Gasteiger partial charge in [0.1, 0.15) is 0 Å². The maximum atomic E-state index is 11.4. The SMILES string of the molecule is CC1(C(=O)O)CCCN(Cc2ccc3ccccc3n2)C1. The van der Waals surface area contributed by atoms with Crippen LogP contribution < -0.4 is 0 Å². The van der Waals surface area contributed by atoms with Crippen LogP contribution in [0.3, 0.4) is 0 Å². The molecule has 1 saturated heterocycles. The van der Waals surface area contributed by atoms with Gasteiger partial charge in [-0.15, -0.1) is 0 Å². The Morgan fingerprint density at radius 3 is 2.95 bits per heavy atom. The molecule has 0 aliphatic carbocycles. The first kappa shape index (κ1) is 14.0. The number of likely N-dealkylation sites (tertiary alicyclic amines) is 1. The fraction of sp³-hybridized carbons (Fsp3) is 0.412. The van der Waals surface area contributed by atoms with Crippen molar-refractivity contribution in [2.75, 3.05) is 13.1 Å². The van der Waals surface area contributed by atoms with Gasteiger partial charge in [-0.05, 0) is 38.4 Å². The van der Waals surface area contributed by atoms with E-state index >= 15 is 0 Å². The topological polar surface area (TPSA) is 53.4 Å². The molecular formula is C17H20N2O2. The van der Waals surface area contributed by atoms with Crippen LogP contribution in [0.2, 0.25) is 0 Å². The van der Waals surface area contributed by atoms with Crippen molar-refractivity contribution in [2.45, 2.75) is 26.3 Å². The molecule has 2 heterocycles. The van der Waals surface area contributed by atoms with Crippen LogP contribution >= 0.6 is 0 Å². The summed E-state index contributed by atoms with van der Waals surface area (Å²) in [5.74, 6) is -0.696. The highest BCUT2D eigenvalue weighted by Gasteiger charge is 2.37. The molecule has 4 heteroatoms. The summed E-state index contributed by atoms with van der Waals surface area (Å²) < 4.78 is 0. The number of hydrogen-bond donors (Lipinski definition) is 1. The van der Waals surface area contributed by atoms with Gasteiger partial charge in [0.25, 0.3) is 0 Å². The van der Waals surface area contributed by atoms with Crippen molar-refractivity contribution < 1.29 is 9.90 Å². The van der Waals surface area contributed by atoms with Gasteiger partial charge in [-0.25, -0.2) is 0 Å². The summed E-state index contributed by atoms with van der Waals surface area (Å²) in [6.45, 7) is 4.09. The van der Waals surface area contributed by atoms with Crippen molar-refractivity contribution in [3.8, 4) is 0 Å². The van der Waals surface area contributed by atoms with Crippen molar-refractivity contribution in [3.63, 3.8) is 0 Å². The second kappa shape index (κ2) is 5.45. The van der Waals surface area contributed by atoms with E-state index in [2.05, 4.69) is 22.0 Å². The zero-order chi connectivity index (χ0) is 14.9. The number of aliphatic carboxylic acids is 1. The van der Waals surface area contributed by atoms with Gasteiger partial charge in [-0.2, -0.15) is 0 Å². The van der Waals surface area contributed by atoms with Crippen LogP contribution in [-0.2, 0) is 11.3 Å². The lowest BCUT2D eigenvalue weighted by atomic mass is 9.82. The molecule has 1 atom stereocenters. The third kappa shape index (κ3) is 2.90. The number of carboxylic acid groups (broad SMARTS) is 1. The molecule has 4 nitrogen and oxygen atoms in total. The Kier molecular flexibility index (Phi) is 3.64. The Balaban J connectivity index is 1.77. The second-order valence-electron chi connectivity index (χ2n) is 6.18. The van der Waals surface area contributed by atoms with Crippen LogP contribution in [0.1, 0.15) is 25.5 Å². The average molecular weight is 284 g/mol. The second-order valence-corrected chi connectivity index (χ2v) is 6.18. The van der Waals surface area contributed by atoms with Crippen LogP contribution in [0.4, 0.5) is 0 Å².